The highest BCUT2D eigenvalue weighted by Crippen LogP contribution is 2.23. The first-order valence-electron chi connectivity index (χ1n) is 12.3. The maximum Gasteiger partial charge on any atom is 0.255 e. The molecule has 0 spiro atoms. The standard InChI is InChI=1S/C27H33FN8O/c1-4-21(6-7-22(28)5-2)18(3)35-27(37)23-12-20(13-29)15-34-26(23)33-14-19-8-10-36(11-9-19)25-17-31-24(30)16-32-25/h4-7,12,15-19H,8-11,14H2,1-3H3,(H2,30,31)(H,33,34)(H,35,37)/b7-6-,21-4+,22-5+. The number of piperidine rings is 1. The van der Waals surface area contributed by atoms with Crippen molar-refractivity contribution in [1.82, 2.24) is 20.3 Å². The van der Waals surface area contributed by atoms with Crippen molar-refractivity contribution >= 4 is 23.4 Å². The van der Waals surface area contributed by atoms with E-state index >= 15 is 0 Å². The molecule has 2 aromatic heterocycles. The molecule has 10 heteroatoms. The van der Waals surface area contributed by atoms with E-state index in [1.165, 1.54) is 24.4 Å². The number of nitrogens with two attached hydrogens (primary N) is 1. The van der Waals surface area contributed by atoms with Crippen molar-refractivity contribution < 1.29 is 9.18 Å². The smallest absolute Gasteiger partial charge is 0.255 e. The number of halogens is 1. The highest BCUT2D eigenvalue weighted by atomic mass is 19.1. The molecule has 0 radical (unpaired) electrons. The Bertz CT molecular complexity index is 1210. The molecule has 0 bridgehead atoms. The van der Waals surface area contributed by atoms with E-state index in [2.05, 4.69) is 30.5 Å². The molecule has 1 saturated heterocycles. The third-order valence-corrected chi connectivity index (χ3v) is 6.31. The fourth-order valence-electron chi connectivity index (χ4n) is 4.06. The Morgan fingerprint density at radius 3 is 2.59 bits per heavy atom. The van der Waals surface area contributed by atoms with Crippen LogP contribution >= 0.6 is 0 Å². The van der Waals surface area contributed by atoms with Gasteiger partial charge < -0.3 is 21.3 Å². The Morgan fingerprint density at radius 2 is 1.97 bits per heavy atom. The number of pyridine rings is 1. The molecule has 3 heterocycles. The monoisotopic (exact) mass is 504 g/mol. The lowest BCUT2D eigenvalue weighted by Crippen LogP contribution is -2.37. The SMILES string of the molecule is C\C=C(F)/C=C\C(=C/C)C(C)NC(=O)c1cc(C#N)cnc1NCC1CCN(c2cnc(N)cn2)CC1. The molecule has 194 valence electrons. The summed E-state index contributed by atoms with van der Waals surface area (Å²) in [5.41, 5.74) is 6.97. The molecule has 0 saturated carbocycles. The minimum atomic E-state index is -0.377. The van der Waals surface area contributed by atoms with Gasteiger partial charge in [-0.1, -0.05) is 18.2 Å². The summed E-state index contributed by atoms with van der Waals surface area (Å²) >= 11 is 0. The van der Waals surface area contributed by atoms with E-state index in [1.54, 1.807) is 25.4 Å². The van der Waals surface area contributed by atoms with Crippen molar-refractivity contribution in [1.29, 1.82) is 5.26 Å². The molecular formula is C27H33FN8O. The number of nitriles is 1. The number of rotatable bonds is 9. The summed E-state index contributed by atoms with van der Waals surface area (Å²) < 4.78 is 13.5. The fraction of sp³-hybridized carbons (Fsp3) is 0.370. The Balaban J connectivity index is 1.64. The van der Waals surface area contributed by atoms with Crippen LogP contribution < -0.4 is 21.3 Å². The molecule has 1 atom stereocenters. The van der Waals surface area contributed by atoms with Crippen LogP contribution in [0.4, 0.5) is 21.8 Å². The van der Waals surface area contributed by atoms with Gasteiger partial charge in [-0.3, -0.25) is 4.79 Å². The van der Waals surface area contributed by atoms with Gasteiger partial charge in [-0.2, -0.15) is 5.26 Å². The molecule has 1 amide bonds. The Hall–Kier alpha value is -4.26. The largest absolute Gasteiger partial charge is 0.382 e. The Kier molecular flexibility index (Phi) is 9.72. The number of allylic oxidation sites excluding steroid dienone is 4. The zero-order valence-electron chi connectivity index (χ0n) is 21.4. The number of nitrogens with zero attached hydrogens (tertiary/aromatic N) is 5. The number of nitrogens with one attached hydrogen (secondary N) is 2. The van der Waals surface area contributed by atoms with Crippen LogP contribution in [0.2, 0.25) is 0 Å². The second-order valence-corrected chi connectivity index (χ2v) is 8.83. The first-order chi connectivity index (χ1) is 17.8. The van der Waals surface area contributed by atoms with E-state index in [9.17, 15) is 14.4 Å². The number of hydrogen-bond donors (Lipinski definition) is 3. The summed E-state index contributed by atoms with van der Waals surface area (Å²) in [4.78, 5) is 28.2. The fourth-order valence-corrected chi connectivity index (χ4v) is 4.06. The molecule has 3 rings (SSSR count). The van der Waals surface area contributed by atoms with Gasteiger partial charge in [0, 0.05) is 25.8 Å². The van der Waals surface area contributed by atoms with Crippen molar-refractivity contribution in [2.45, 2.75) is 39.7 Å². The third kappa shape index (κ3) is 7.61. The van der Waals surface area contributed by atoms with Crippen molar-refractivity contribution in [2.75, 3.05) is 35.6 Å². The van der Waals surface area contributed by atoms with Gasteiger partial charge in [0.25, 0.3) is 5.91 Å². The summed E-state index contributed by atoms with van der Waals surface area (Å²) in [6.07, 6.45) is 12.7. The Labute approximate surface area is 217 Å². The quantitative estimate of drug-likeness (QED) is 0.434. The van der Waals surface area contributed by atoms with Crippen LogP contribution in [0, 0.1) is 17.2 Å². The summed E-state index contributed by atoms with van der Waals surface area (Å²) in [7, 11) is 0. The molecule has 0 aromatic carbocycles. The predicted octanol–water partition coefficient (Wildman–Crippen LogP) is 4.15. The number of amides is 1. The van der Waals surface area contributed by atoms with Crippen LogP contribution in [0.15, 0.2) is 60.4 Å². The first-order valence-corrected chi connectivity index (χ1v) is 12.3. The van der Waals surface area contributed by atoms with E-state index in [1.807, 2.05) is 26.0 Å². The van der Waals surface area contributed by atoms with Crippen LogP contribution in [0.5, 0.6) is 0 Å². The molecule has 1 aliphatic rings. The summed E-state index contributed by atoms with van der Waals surface area (Å²) in [6.45, 7) is 7.57. The summed E-state index contributed by atoms with van der Waals surface area (Å²) in [6, 6.07) is 3.20. The van der Waals surface area contributed by atoms with Gasteiger partial charge in [0.15, 0.2) is 0 Å². The molecule has 1 unspecified atom stereocenters. The number of hydrogen-bond acceptors (Lipinski definition) is 8. The zero-order chi connectivity index (χ0) is 26.8. The second kappa shape index (κ2) is 13.2. The van der Waals surface area contributed by atoms with Crippen molar-refractivity contribution in [3.63, 3.8) is 0 Å². The van der Waals surface area contributed by atoms with Crippen molar-refractivity contribution in [3.05, 3.63) is 71.5 Å². The van der Waals surface area contributed by atoms with Gasteiger partial charge in [0.1, 0.15) is 29.3 Å². The molecule has 9 nitrogen and oxygen atoms in total. The van der Waals surface area contributed by atoms with E-state index in [-0.39, 0.29) is 17.8 Å². The van der Waals surface area contributed by atoms with Crippen molar-refractivity contribution in [3.8, 4) is 6.07 Å². The number of carbonyl (C=O) groups excluding carboxylic acids is 1. The lowest BCUT2D eigenvalue weighted by Gasteiger charge is -2.32. The first kappa shape index (κ1) is 27.3. The molecule has 1 fully saturated rings. The number of nitrogen functional groups attached to an aromatic ring is 1. The van der Waals surface area contributed by atoms with Gasteiger partial charge in [-0.05, 0) is 57.2 Å². The highest BCUT2D eigenvalue weighted by molar-refractivity contribution is 5.99. The molecule has 2 aromatic rings. The van der Waals surface area contributed by atoms with Gasteiger partial charge in [-0.25, -0.2) is 19.3 Å². The maximum absolute atomic E-state index is 13.5. The molecule has 37 heavy (non-hydrogen) atoms. The summed E-state index contributed by atoms with van der Waals surface area (Å²) in [5, 5.41) is 15.6. The van der Waals surface area contributed by atoms with Crippen LogP contribution in [0.3, 0.4) is 0 Å². The van der Waals surface area contributed by atoms with Gasteiger partial charge in [-0.15, -0.1) is 0 Å². The lowest BCUT2D eigenvalue weighted by atomic mass is 9.96. The average molecular weight is 505 g/mol. The van der Waals surface area contributed by atoms with Crippen LogP contribution in [0.1, 0.15) is 49.5 Å². The number of anilines is 3. The van der Waals surface area contributed by atoms with Gasteiger partial charge in [0.2, 0.25) is 0 Å². The minimum Gasteiger partial charge on any atom is -0.382 e. The predicted molar refractivity (Wildman–Crippen MR) is 144 cm³/mol. The van der Waals surface area contributed by atoms with Gasteiger partial charge >= 0.3 is 0 Å². The highest BCUT2D eigenvalue weighted by Gasteiger charge is 2.22. The molecule has 4 N–H and O–H groups in total. The Morgan fingerprint density at radius 1 is 1.22 bits per heavy atom. The number of carbonyl (C=O) groups is 1. The van der Waals surface area contributed by atoms with Crippen LogP contribution in [-0.4, -0.2) is 46.5 Å². The van der Waals surface area contributed by atoms with E-state index < -0.39 is 0 Å². The van der Waals surface area contributed by atoms with Gasteiger partial charge in [0.05, 0.1) is 29.6 Å². The second-order valence-electron chi connectivity index (χ2n) is 8.83. The van der Waals surface area contributed by atoms with E-state index in [4.69, 9.17) is 5.73 Å². The maximum atomic E-state index is 13.5. The van der Waals surface area contributed by atoms with Crippen LogP contribution in [-0.2, 0) is 0 Å². The van der Waals surface area contributed by atoms with Crippen molar-refractivity contribution in [2.24, 2.45) is 5.92 Å². The third-order valence-electron chi connectivity index (χ3n) is 6.31. The molecule has 1 aliphatic heterocycles. The molecule has 0 aliphatic carbocycles. The summed E-state index contributed by atoms with van der Waals surface area (Å²) in [5.74, 6) is 1.29. The average Bonchev–Trinajstić information content (AvgIpc) is 2.92. The lowest BCUT2D eigenvalue weighted by molar-refractivity contribution is 0.0946. The van der Waals surface area contributed by atoms with E-state index in [0.717, 1.165) is 37.3 Å². The minimum absolute atomic E-state index is 0.291. The number of aromatic nitrogens is 3. The topological polar surface area (TPSA) is 133 Å². The molecular weight excluding hydrogens is 471 g/mol. The van der Waals surface area contributed by atoms with E-state index in [0.29, 0.717) is 35.2 Å². The normalized spacial score (nSPS) is 15.9. The van der Waals surface area contributed by atoms with Crippen LogP contribution in [0.25, 0.3) is 0 Å². The zero-order valence-corrected chi connectivity index (χ0v) is 21.4.